The number of rotatable bonds is 3. The van der Waals surface area contributed by atoms with E-state index in [0.29, 0.717) is 6.04 Å². The molecule has 0 atom stereocenters. The summed E-state index contributed by atoms with van der Waals surface area (Å²) in [4.78, 5) is 16.7. The van der Waals surface area contributed by atoms with E-state index in [2.05, 4.69) is 17.3 Å². The van der Waals surface area contributed by atoms with Crippen LogP contribution in [-0.4, -0.2) is 56.0 Å². The smallest absolute Gasteiger partial charge is 0.253 e. The number of anilines is 1. The van der Waals surface area contributed by atoms with Crippen molar-refractivity contribution in [2.75, 3.05) is 39.5 Å². The van der Waals surface area contributed by atoms with Crippen LogP contribution in [0.5, 0.6) is 0 Å². The van der Waals surface area contributed by atoms with Gasteiger partial charge in [-0.1, -0.05) is 6.07 Å². The normalized spacial score (nSPS) is 17.2. The zero-order valence-corrected chi connectivity index (χ0v) is 12.0. The molecule has 1 heterocycles. The average Bonchev–Trinajstić information content (AvgIpc) is 2.46. The van der Waals surface area contributed by atoms with Gasteiger partial charge in [0.25, 0.3) is 5.91 Å². The molecule has 1 aromatic rings. The van der Waals surface area contributed by atoms with Gasteiger partial charge in [-0.2, -0.15) is 0 Å². The van der Waals surface area contributed by atoms with Crippen LogP contribution in [0.25, 0.3) is 0 Å². The molecule has 1 aromatic carbocycles. The summed E-state index contributed by atoms with van der Waals surface area (Å²) in [5.41, 5.74) is 1.73. The second-order valence-electron chi connectivity index (χ2n) is 5.28. The quantitative estimate of drug-likeness (QED) is 0.902. The molecule has 1 N–H and O–H groups in total. The molecule has 0 spiro atoms. The first kappa shape index (κ1) is 13.9. The third-order valence-corrected chi connectivity index (χ3v) is 3.95. The summed E-state index contributed by atoms with van der Waals surface area (Å²) in [6, 6.07) is 8.04. The Morgan fingerprint density at radius 2 is 2.05 bits per heavy atom. The van der Waals surface area contributed by atoms with Crippen molar-refractivity contribution in [1.29, 1.82) is 0 Å². The van der Waals surface area contributed by atoms with Crippen LogP contribution in [0.3, 0.4) is 0 Å². The SMILES string of the molecule is CNc1cccc(C(=O)N(C)C2CCN(C)CC2)c1. The van der Waals surface area contributed by atoms with Crippen molar-refractivity contribution in [1.82, 2.24) is 9.80 Å². The van der Waals surface area contributed by atoms with E-state index < -0.39 is 0 Å². The number of carbonyl (C=O) groups excluding carboxylic acids is 1. The van der Waals surface area contributed by atoms with Gasteiger partial charge in [-0.25, -0.2) is 0 Å². The Kier molecular flexibility index (Phi) is 4.43. The van der Waals surface area contributed by atoms with Crippen molar-refractivity contribution in [2.24, 2.45) is 0 Å². The Labute approximate surface area is 115 Å². The van der Waals surface area contributed by atoms with Gasteiger partial charge in [0.15, 0.2) is 0 Å². The molecule has 1 amide bonds. The fourth-order valence-corrected chi connectivity index (χ4v) is 2.56. The van der Waals surface area contributed by atoms with Crippen molar-refractivity contribution in [3.8, 4) is 0 Å². The molecule has 0 saturated carbocycles. The van der Waals surface area contributed by atoms with Crippen LogP contribution >= 0.6 is 0 Å². The standard InChI is InChI=1S/C15H23N3O/c1-16-13-6-4-5-12(11-13)15(19)18(3)14-7-9-17(2)10-8-14/h4-6,11,14,16H,7-10H2,1-3H3. The Hall–Kier alpha value is -1.55. The van der Waals surface area contributed by atoms with E-state index in [1.165, 1.54) is 0 Å². The van der Waals surface area contributed by atoms with Gasteiger partial charge in [0, 0.05) is 31.4 Å². The number of likely N-dealkylation sites (tertiary alicyclic amines) is 1. The molecule has 0 unspecified atom stereocenters. The molecule has 0 aliphatic carbocycles. The van der Waals surface area contributed by atoms with Crippen molar-refractivity contribution in [3.63, 3.8) is 0 Å². The monoisotopic (exact) mass is 261 g/mol. The highest BCUT2D eigenvalue weighted by Gasteiger charge is 2.24. The summed E-state index contributed by atoms with van der Waals surface area (Å²) in [5, 5.41) is 3.07. The summed E-state index contributed by atoms with van der Waals surface area (Å²) in [5.74, 6) is 0.117. The lowest BCUT2D eigenvalue weighted by atomic mass is 10.0. The number of piperidine rings is 1. The molecule has 0 bridgehead atoms. The van der Waals surface area contributed by atoms with E-state index >= 15 is 0 Å². The molecule has 4 heteroatoms. The van der Waals surface area contributed by atoms with E-state index in [4.69, 9.17) is 0 Å². The van der Waals surface area contributed by atoms with Crippen molar-refractivity contribution in [2.45, 2.75) is 18.9 Å². The first-order valence-corrected chi connectivity index (χ1v) is 6.85. The number of amides is 1. The van der Waals surface area contributed by atoms with Crippen LogP contribution in [-0.2, 0) is 0 Å². The highest BCUT2D eigenvalue weighted by Crippen LogP contribution is 2.18. The molecule has 104 valence electrons. The second-order valence-corrected chi connectivity index (χ2v) is 5.28. The maximum atomic E-state index is 12.5. The van der Waals surface area contributed by atoms with Crippen molar-refractivity contribution in [3.05, 3.63) is 29.8 Å². The lowest BCUT2D eigenvalue weighted by molar-refractivity contribution is 0.0659. The largest absolute Gasteiger partial charge is 0.388 e. The number of hydrogen-bond donors (Lipinski definition) is 1. The highest BCUT2D eigenvalue weighted by atomic mass is 16.2. The van der Waals surface area contributed by atoms with Gasteiger partial charge >= 0.3 is 0 Å². The Morgan fingerprint density at radius 3 is 2.68 bits per heavy atom. The third kappa shape index (κ3) is 3.26. The van der Waals surface area contributed by atoms with E-state index in [1.807, 2.05) is 43.3 Å². The zero-order chi connectivity index (χ0) is 13.8. The minimum absolute atomic E-state index is 0.117. The summed E-state index contributed by atoms with van der Waals surface area (Å²) in [6.45, 7) is 2.14. The minimum Gasteiger partial charge on any atom is -0.388 e. The minimum atomic E-state index is 0.117. The summed E-state index contributed by atoms with van der Waals surface area (Å²) < 4.78 is 0. The molecule has 1 fully saturated rings. The van der Waals surface area contributed by atoms with Gasteiger partial charge < -0.3 is 15.1 Å². The van der Waals surface area contributed by atoms with Crippen LogP contribution in [0, 0.1) is 0 Å². The molecule has 1 aliphatic heterocycles. The predicted octanol–water partition coefficient (Wildman–Crippen LogP) is 1.89. The number of carbonyl (C=O) groups is 1. The molecular weight excluding hydrogens is 238 g/mol. The molecule has 1 aliphatic rings. The lowest BCUT2D eigenvalue weighted by Crippen LogP contribution is -2.44. The van der Waals surface area contributed by atoms with Crippen LogP contribution in [0.4, 0.5) is 5.69 Å². The van der Waals surface area contributed by atoms with Gasteiger partial charge in [0.2, 0.25) is 0 Å². The molecule has 2 rings (SSSR count). The maximum absolute atomic E-state index is 12.5. The fourth-order valence-electron chi connectivity index (χ4n) is 2.56. The van der Waals surface area contributed by atoms with Gasteiger partial charge in [-0.15, -0.1) is 0 Å². The van der Waals surface area contributed by atoms with Crippen LogP contribution in [0.15, 0.2) is 24.3 Å². The van der Waals surface area contributed by atoms with Gasteiger partial charge in [0.1, 0.15) is 0 Å². The molecule has 4 nitrogen and oxygen atoms in total. The third-order valence-electron chi connectivity index (χ3n) is 3.95. The highest BCUT2D eigenvalue weighted by molar-refractivity contribution is 5.95. The summed E-state index contributed by atoms with van der Waals surface area (Å²) in [7, 11) is 5.92. The van der Waals surface area contributed by atoms with Crippen LogP contribution in [0.1, 0.15) is 23.2 Å². The van der Waals surface area contributed by atoms with E-state index in [9.17, 15) is 4.79 Å². The molecule has 0 aromatic heterocycles. The molecular formula is C15H23N3O. The van der Waals surface area contributed by atoms with E-state index in [-0.39, 0.29) is 5.91 Å². The first-order valence-electron chi connectivity index (χ1n) is 6.85. The van der Waals surface area contributed by atoms with E-state index in [0.717, 1.165) is 37.2 Å². The lowest BCUT2D eigenvalue weighted by Gasteiger charge is -2.35. The number of nitrogens with zero attached hydrogens (tertiary/aromatic N) is 2. The van der Waals surface area contributed by atoms with Gasteiger partial charge in [0.05, 0.1) is 0 Å². The van der Waals surface area contributed by atoms with Crippen LogP contribution < -0.4 is 5.32 Å². The topological polar surface area (TPSA) is 35.6 Å². The molecule has 1 saturated heterocycles. The maximum Gasteiger partial charge on any atom is 0.253 e. The zero-order valence-electron chi connectivity index (χ0n) is 12.0. The number of hydrogen-bond acceptors (Lipinski definition) is 3. The number of benzene rings is 1. The molecule has 0 radical (unpaired) electrons. The predicted molar refractivity (Wildman–Crippen MR) is 78.6 cm³/mol. The second kappa shape index (κ2) is 6.06. The van der Waals surface area contributed by atoms with Crippen LogP contribution in [0.2, 0.25) is 0 Å². The Morgan fingerprint density at radius 1 is 1.37 bits per heavy atom. The van der Waals surface area contributed by atoms with Gasteiger partial charge in [-0.05, 0) is 51.2 Å². The van der Waals surface area contributed by atoms with E-state index in [1.54, 1.807) is 0 Å². The van der Waals surface area contributed by atoms with Crippen molar-refractivity contribution < 1.29 is 4.79 Å². The average molecular weight is 261 g/mol. The number of nitrogens with one attached hydrogen (secondary N) is 1. The van der Waals surface area contributed by atoms with Gasteiger partial charge in [-0.3, -0.25) is 4.79 Å². The molecule has 19 heavy (non-hydrogen) atoms. The first-order chi connectivity index (χ1) is 9.11. The van der Waals surface area contributed by atoms with Crippen molar-refractivity contribution >= 4 is 11.6 Å². The Bertz CT molecular complexity index is 439. The summed E-state index contributed by atoms with van der Waals surface area (Å²) >= 11 is 0. The Balaban J connectivity index is 2.05. The summed E-state index contributed by atoms with van der Waals surface area (Å²) in [6.07, 6.45) is 2.12. The fraction of sp³-hybridized carbons (Fsp3) is 0.533.